The molecule has 0 saturated carbocycles. The normalized spacial score (nSPS) is 12.1. The molecule has 0 radical (unpaired) electrons. The van der Waals surface area contributed by atoms with E-state index in [-0.39, 0.29) is 17.7 Å². The number of amides is 2. The largest absolute Gasteiger partial charge is 0.363 e. The SMILES string of the molecule is Cn1ncc2c(-c3nn(C(F)F)cc3C(=O)NC(Cc3ccccc3)C(=O)C(N)=O)cccc21. The van der Waals surface area contributed by atoms with Gasteiger partial charge in [-0.25, -0.2) is 4.68 Å². The van der Waals surface area contributed by atoms with E-state index in [1.807, 2.05) is 0 Å². The molecule has 0 aliphatic heterocycles. The van der Waals surface area contributed by atoms with Gasteiger partial charge in [0.1, 0.15) is 11.7 Å². The van der Waals surface area contributed by atoms with Gasteiger partial charge in [0.2, 0.25) is 5.78 Å². The van der Waals surface area contributed by atoms with Crippen molar-refractivity contribution in [2.24, 2.45) is 12.8 Å². The predicted octanol–water partition coefficient (Wildman–Crippen LogP) is 2.23. The van der Waals surface area contributed by atoms with Crippen molar-refractivity contribution in [3.05, 3.63) is 72.1 Å². The number of carbonyl (C=O) groups excluding carboxylic acids is 3. The molecule has 2 aromatic heterocycles. The van der Waals surface area contributed by atoms with Gasteiger partial charge >= 0.3 is 6.55 Å². The van der Waals surface area contributed by atoms with Crippen molar-refractivity contribution in [3.8, 4) is 11.3 Å². The molecule has 2 amide bonds. The highest BCUT2D eigenvalue weighted by Crippen LogP contribution is 2.31. The zero-order chi connectivity index (χ0) is 24.4. The van der Waals surface area contributed by atoms with E-state index in [0.29, 0.717) is 26.7 Å². The van der Waals surface area contributed by atoms with E-state index in [2.05, 4.69) is 15.5 Å². The highest BCUT2D eigenvalue weighted by atomic mass is 19.3. The van der Waals surface area contributed by atoms with Crippen LogP contribution in [0.5, 0.6) is 0 Å². The van der Waals surface area contributed by atoms with E-state index in [1.165, 1.54) is 0 Å². The van der Waals surface area contributed by atoms with Gasteiger partial charge in [0.25, 0.3) is 11.8 Å². The summed E-state index contributed by atoms with van der Waals surface area (Å²) in [6.45, 7) is -3.00. The first-order valence-electron chi connectivity index (χ1n) is 10.2. The van der Waals surface area contributed by atoms with Gasteiger partial charge < -0.3 is 11.1 Å². The fourth-order valence-electron chi connectivity index (χ4n) is 3.71. The number of Topliss-reactive ketones (excluding diaryl/α,β-unsaturated/α-hetero) is 1. The van der Waals surface area contributed by atoms with Crippen molar-refractivity contribution >= 4 is 28.5 Å². The lowest BCUT2D eigenvalue weighted by Gasteiger charge is -2.16. The number of primary amides is 1. The van der Waals surface area contributed by atoms with Crippen LogP contribution in [0.3, 0.4) is 0 Å². The standard InChI is InChI=1S/C23H20F2N6O3/c1-30-18-9-5-8-14(15(18)11-27-30)19-16(12-31(29-19)23(24)25)22(34)28-17(20(32)21(26)33)10-13-6-3-2-4-7-13/h2-9,11-12,17,23H,10H2,1H3,(H2,26,33)(H,28,34). The van der Waals surface area contributed by atoms with Gasteiger partial charge in [0.15, 0.2) is 0 Å². The Morgan fingerprint density at radius 1 is 1.09 bits per heavy atom. The van der Waals surface area contributed by atoms with Crippen LogP contribution in [0.2, 0.25) is 0 Å². The molecule has 3 N–H and O–H groups in total. The second-order valence-electron chi connectivity index (χ2n) is 7.60. The third kappa shape index (κ3) is 4.40. The summed E-state index contributed by atoms with van der Waals surface area (Å²) in [5, 5.41) is 11.2. The van der Waals surface area contributed by atoms with Crippen molar-refractivity contribution in [1.82, 2.24) is 24.9 Å². The number of hydrogen-bond acceptors (Lipinski definition) is 5. The third-order valence-electron chi connectivity index (χ3n) is 5.37. The van der Waals surface area contributed by atoms with E-state index < -0.39 is 30.2 Å². The summed E-state index contributed by atoms with van der Waals surface area (Å²) in [4.78, 5) is 37.2. The van der Waals surface area contributed by atoms with Crippen LogP contribution in [0.4, 0.5) is 8.78 Å². The minimum atomic E-state index is -3.00. The maximum Gasteiger partial charge on any atom is 0.333 e. The van der Waals surface area contributed by atoms with Crippen LogP contribution in [0, 0.1) is 0 Å². The lowest BCUT2D eigenvalue weighted by molar-refractivity contribution is -0.137. The summed E-state index contributed by atoms with van der Waals surface area (Å²) in [6.07, 6.45) is 2.44. The minimum absolute atomic E-state index is 0.00907. The van der Waals surface area contributed by atoms with Gasteiger partial charge in [0, 0.05) is 30.6 Å². The van der Waals surface area contributed by atoms with Crippen molar-refractivity contribution < 1.29 is 23.2 Å². The smallest absolute Gasteiger partial charge is 0.333 e. The molecule has 1 atom stereocenters. The highest BCUT2D eigenvalue weighted by molar-refractivity contribution is 6.38. The number of halogens is 2. The zero-order valence-corrected chi connectivity index (χ0v) is 18.0. The maximum absolute atomic E-state index is 13.5. The van der Waals surface area contributed by atoms with Crippen molar-refractivity contribution in [1.29, 1.82) is 0 Å². The Kier molecular flexibility index (Phi) is 6.17. The summed E-state index contributed by atoms with van der Waals surface area (Å²) < 4.78 is 28.9. The van der Waals surface area contributed by atoms with E-state index in [1.54, 1.807) is 66.5 Å². The number of aromatic nitrogens is 4. The second-order valence-corrected chi connectivity index (χ2v) is 7.60. The van der Waals surface area contributed by atoms with Crippen LogP contribution in [0.15, 0.2) is 60.9 Å². The van der Waals surface area contributed by atoms with Crippen molar-refractivity contribution in [3.63, 3.8) is 0 Å². The number of nitrogens with one attached hydrogen (secondary N) is 1. The summed E-state index contributed by atoms with van der Waals surface area (Å²) in [6, 6.07) is 12.5. The van der Waals surface area contributed by atoms with Gasteiger partial charge in [-0.1, -0.05) is 42.5 Å². The van der Waals surface area contributed by atoms with Crippen molar-refractivity contribution in [2.75, 3.05) is 0 Å². The number of fused-ring (bicyclic) bond motifs is 1. The molecule has 34 heavy (non-hydrogen) atoms. The second kappa shape index (κ2) is 9.22. The number of alkyl halides is 2. The van der Waals surface area contributed by atoms with E-state index >= 15 is 0 Å². The molecule has 174 valence electrons. The lowest BCUT2D eigenvalue weighted by atomic mass is 10.0. The molecule has 0 aliphatic carbocycles. The topological polar surface area (TPSA) is 125 Å². The first-order valence-corrected chi connectivity index (χ1v) is 10.2. The number of hydrogen-bond donors (Lipinski definition) is 2. The summed E-state index contributed by atoms with van der Waals surface area (Å²) in [5.41, 5.74) is 6.76. The summed E-state index contributed by atoms with van der Waals surface area (Å²) in [5.74, 6) is -3.07. The van der Waals surface area contributed by atoms with Crippen LogP contribution in [-0.4, -0.2) is 43.2 Å². The molecular weight excluding hydrogens is 446 g/mol. The predicted molar refractivity (Wildman–Crippen MR) is 119 cm³/mol. The Morgan fingerprint density at radius 3 is 2.50 bits per heavy atom. The molecular formula is C23H20F2N6O3. The molecule has 0 saturated heterocycles. The highest BCUT2D eigenvalue weighted by Gasteiger charge is 2.29. The van der Waals surface area contributed by atoms with Gasteiger partial charge in [-0.3, -0.25) is 19.1 Å². The Balaban J connectivity index is 1.74. The maximum atomic E-state index is 13.5. The molecule has 4 rings (SSSR count). The molecule has 2 heterocycles. The molecule has 0 bridgehead atoms. The number of nitrogens with zero attached hydrogens (tertiary/aromatic N) is 4. The van der Waals surface area contributed by atoms with Gasteiger partial charge in [-0.15, -0.1) is 0 Å². The number of rotatable bonds is 8. The molecule has 9 nitrogen and oxygen atoms in total. The van der Waals surface area contributed by atoms with Crippen molar-refractivity contribution in [2.45, 2.75) is 19.0 Å². The van der Waals surface area contributed by atoms with Crippen LogP contribution in [-0.2, 0) is 23.1 Å². The van der Waals surface area contributed by atoms with E-state index in [0.717, 1.165) is 6.20 Å². The lowest BCUT2D eigenvalue weighted by Crippen LogP contribution is -2.47. The van der Waals surface area contributed by atoms with Gasteiger partial charge in [0.05, 0.1) is 17.3 Å². The molecule has 4 aromatic rings. The van der Waals surface area contributed by atoms with E-state index in [9.17, 15) is 23.2 Å². The molecule has 0 fully saturated rings. The molecule has 0 spiro atoms. The van der Waals surface area contributed by atoms with E-state index in [4.69, 9.17) is 5.73 Å². The average molecular weight is 466 g/mol. The zero-order valence-electron chi connectivity index (χ0n) is 18.0. The summed E-state index contributed by atoms with van der Waals surface area (Å²) in [7, 11) is 1.72. The van der Waals surface area contributed by atoms with Gasteiger partial charge in [-0.2, -0.15) is 19.0 Å². The number of carbonyl (C=O) groups is 3. The third-order valence-corrected chi connectivity index (χ3v) is 5.37. The minimum Gasteiger partial charge on any atom is -0.363 e. The molecule has 0 aliphatic rings. The Labute approximate surface area is 192 Å². The Bertz CT molecular complexity index is 1380. The summed E-state index contributed by atoms with van der Waals surface area (Å²) >= 11 is 0. The first kappa shape index (κ1) is 22.8. The number of aryl methyl sites for hydroxylation is 1. The first-order chi connectivity index (χ1) is 16.3. The fourth-order valence-corrected chi connectivity index (χ4v) is 3.71. The number of nitrogens with two attached hydrogens (primary N) is 1. The average Bonchev–Trinajstić information content (AvgIpc) is 3.43. The van der Waals surface area contributed by atoms with Crippen LogP contribution in [0.1, 0.15) is 22.5 Å². The number of benzene rings is 2. The monoisotopic (exact) mass is 466 g/mol. The molecule has 2 aromatic carbocycles. The Hall–Kier alpha value is -4.41. The molecule has 11 heteroatoms. The number of ketones is 1. The fraction of sp³-hybridized carbons (Fsp3) is 0.174. The van der Waals surface area contributed by atoms with Gasteiger partial charge in [-0.05, 0) is 11.6 Å². The Morgan fingerprint density at radius 2 is 1.82 bits per heavy atom. The van der Waals surface area contributed by atoms with Crippen LogP contribution < -0.4 is 11.1 Å². The van der Waals surface area contributed by atoms with Crippen LogP contribution in [0.25, 0.3) is 22.2 Å². The molecule has 1 unspecified atom stereocenters. The van der Waals surface area contributed by atoms with Crippen LogP contribution >= 0.6 is 0 Å². The quantitative estimate of drug-likeness (QED) is 0.385.